The summed E-state index contributed by atoms with van der Waals surface area (Å²) < 4.78 is 77.7. The minimum Gasteiger partial charge on any atom is -0.315 e. The van der Waals surface area contributed by atoms with Crippen LogP contribution in [0.5, 0.6) is 0 Å². The molecule has 0 amide bonds. The Balaban J connectivity index is 3.07. The van der Waals surface area contributed by atoms with Crippen LogP contribution < -0.4 is 0 Å². The largest absolute Gasteiger partial charge is 0.425 e. The molecule has 1 nitrogen and oxygen atoms in total. The molecule has 0 aromatic heterocycles. The molecule has 1 fully saturated rings. The van der Waals surface area contributed by atoms with Gasteiger partial charge in [0.05, 0.1) is 12.5 Å². The van der Waals surface area contributed by atoms with Gasteiger partial charge in [0.1, 0.15) is 0 Å². The zero-order valence-corrected chi connectivity index (χ0v) is 6.46. The Morgan fingerprint density at radius 2 is 1.54 bits per heavy atom. The van der Waals surface area contributed by atoms with Crippen molar-refractivity contribution in [3.63, 3.8) is 0 Å². The summed E-state index contributed by atoms with van der Waals surface area (Å²) >= 11 is 0. The summed E-state index contributed by atoms with van der Waals surface area (Å²) in [5.74, 6) is -12.1. The summed E-state index contributed by atoms with van der Waals surface area (Å²) in [4.78, 5) is 0. The number of hydrogen-bond donors (Lipinski definition) is 0. The van der Waals surface area contributed by atoms with E-state index >= 15 is 0 Å². The van der Waals surface area contributed by atoms with Gasteiger partial charge in [0.25, 0.3) is 0 Å². The smallest absolute Gasteiger partial charge is 0.315 e. The summed E-state index contributed by atoms with van der Waals surface area (Å²) in [5.41, 5.74) is 0. The van der Waals surface area contributed by atoms with E-state index in [0.29, 0.717) is 0 Å². The lowest BCUT2D eigenvalue weighted by Gasteiger charge is -2.40. The molecule has 1 rings (SSSR count). The average Bonchev–Trinajstić information content (AvgIpc) is 1.97. The van der Waals surface area contributed by atoms with Crippen molar-refractivity contribution in [3.05, 3.63) is 0 Å². The quantitative estimate of drug-likeness (QED) is 0.556. The van der Waals surface area contributed by atoms with Crippen LogP contribution in [0.2, 0.25) is 0 Å². The van der Waals surface area contributed by atoms with Crippen molar-refractivity contribution >= 4 is 0 Å². The lowest BCUT2D eigenvalue weighted by molar-refractivity contribution is -0.438. The highest BCUT2D eigenvalue weighted by molar-refractivity contribution is 4.98. The number of ether oxygens (including phenoxy) is 1. The van der Waals surface area contributed by atoms with Gasteiger partial charge in [0.2, 0.25) is 0 Å². The molecular weight excluding hydrogens is 202 g/mol. The van der Waals surface area contributed by atoms with Gasteiger partial charge in [-0.15, -0.1) is 0 Å². The van der Waals surface area contributed by atoms with Gasteiger partial charge in [-0.2, -0.15) is 26.3 Å². The molecule has 1 heterocycles. The first-order valence-corrected chi connectivity index (χ1v) is 3.40. The number of halogens is 6. The summed E-state index contributed by atoms with van der Waals surface area (Å²) in [7, 11) is 0. The van der Waals surface area contributed by atoms with Gasteiger partial charge in [-0.1, -0.05) is 6.92 Å². The van der Waals surface area contributed by atoms with E-state index in [-0.39, 0.29) is 0 Å². The molecule has 1 aliphatic heterocycles. The highest BCUT2D eigenvalue weighted by atomic mass is 19.3. The summed E-state index contributed by atoms with van der Waals surface area (Å²) in [6.45, 7) is -0.362. The normalized spacial score (nSPS) is 35.8. The second kappa shape index (κ2) is 2.52. The van der Waals surface area contributed by atoms with Crippen LogP contribution in [0.25, 0.3) is 0 Å². The van der Waals surface area contributed by atoms with Gasteiger partial charge in [-0.25, -0.2) is 0 Å². The molecule has 0 saturated carbocycles. The van der Waals surface area contributed by atoms with Gasteiger partial charge < -0.3 is 4.74 Å². The van der Waals surface area contributed by atoms with Crippen LogP contribution in [-0.4, -0.2) is 24.6 Å². The predicted octanol–water partition coefficient (Wildman–Crippen LogP) is 2.52. The Bertz CT molecular complexity index is 213. The summed E-state index contributed by atoms with van der Waals surface area (Å²) in [6.07, 6.45) is -5.09. The molecule has 1 atom stereocenters. The van der Waals surface area contributed by atoms with Crippen molar-refractivity contribution in [1.82, 2.24) is 0 Å². The SMILES string of the molecule is CC1COC(F)(F)C(F)(F)C1(F)F. The first kappa shape index (κ1) is 10.6. The fourth-order valence-electron chi connectivity index (χ4n) is 0.928. The number of hydrogen-bond acceptors (Lipinski definition) is 1. The van der Waals surface area contributed by atoms with E-state index in [4.69, 9.17) is 0 Å². The maximum absolute atomic E-state index is 12.6. The van der Waals surface area contributed by atoms with Crippen molar-refractivity contribution in [2.45, 2.75) is 24.9 Å². The van der Waals surface area contributed by atoms with Crippen LogP contribution >= 0.6 is 0 Å². The summed E-state index contributed by atoms with van der Waals surface area (Å²) in [6, 6.07) is 0. The van der Waals surface area contributed by atoms with E-state index in [9.17, 15) is 26.3 Å². The van der Waals surface area contributed by atoms with E-state index in [1.165, 1.54) is 0 Å². The molecule has 1 aliphatic rings. The molecule has 13 heavy (non-hydrogen) atoms. The van der Waals surface area contributed by atoms with Crippen molar-refractivity contribution in [2.75, 3.05) is 6.61 Å². The molecule has 0 radical (unpaired) electrons. The second-order valence-electron chi connectivity index (χ2n) is 2.93. The van der Waals surface area contributed by atoms with Crippen LogP contribution in [-0.2, 0) is 4.74 Å². The first-order valence-electron chi connectivity index (χ1n) is 3.40. The lowest BCUT2D eigenvalue weighted by atomic mass is 9.95. The molecule has 0 spiro atoms. The maximum atomic E-state index is 12.6. The number of rotatable bonds is 0. The second-order valence-corrected chi connectivity index (χ2v) is 2.93. The predicted molar refractivity (Wildman–Crippen MR) is 30.0 cm³/mol. The molecule has 1 saturated heterocycles. The Hall–Kier alpha value is -0.460. The molecule has 7 heteroatoms. The molecule has 0 N–H and O–H groups in total. The standard InChI is InChI=1S/C6H6F6O/c1-3-2-13-6(11,12)5(9,10)4(3,7)8/h3H,2H2,1H3. The van der Waals surface area contributed by atoms with E-state index < -0.39 is 30.5 Å². The highest BCUT2D eigenvalue weighted by Crippen LogP contribution is 2.52. The third kappa shape index (κ3) is 1.20. The van der Waals surface area contributed by atoms with Crippen molar-refractivity contribution in [2.24, 2.45) is 5.92 Å². The van der Waals surface area contributed by atoms with Crippen LogP contribution in [0.1, 0.15) is 6.92 Å². The molecule has 0 aliphatic carbocycles. The molecule has 0 bridgehead atoms. The van der Waals surface area contributed by atoms with Crippen LogP contribution in [0, 0.1) is 5.92 Å². The van der Waals surface area contributed by atoms with E-state index in [0.717, 1.165) is 6.92 Å². The van der Waals surface area contributed by atoms with Crippen molar-refractivity contribution in [1.29, 1.82) is 0 Å². The highest BCUT2D eigenvalue weighted by Gasteiger charge is 2.77. The Kier molecular flexibility index (Phi) is 2.06. The monoisotopic (exact) mass is 208 g/mol. The average molecular weight is 208 g/mol. The van der Waals surface area contributed by atoms with Gasteiger partial charge in [-0.3, -0.25) is 0 Å². The van der Waals surface area contributed by atoms with Crippen LogP contribution in [0.4, 0.5) is 26.3 Å². The van der Waals surface area contributed by atoms with E-state index in [1.807, 2.05) is 0 Å². The Morgan fingerprint density at radius 3 is 1.92 bits per heavy atom. The topological polar surface area (TPSA) is 9.23 Å². The van der Waals surface area contributed by atoms with Crippen molar-refractivity contribution < 1.29 is 31.1 Å². The summed E-state index contributed by atoms with van der Waals surface area (Å²) in [5, 5.41) is 0. The lowest BCUT2D eigenvalue weighted by Crippen LogP contribution is -2.63. The molecule has 0 aromatic carbocycles. The Labute approximate surface area is 69.7 Å². The fourth-order valence-corrected chi connectivity index (χ4v) is 0.928. The minimum atomic E-state index is -5.45. The zero-order chi connectivity index (χ0) is 10.5. The van der Waals surface area contributed by atoms with Crippen molar-refractivity contribution in [3.8, 4) is 0 Å². The zero-order valence-electron chi connectivity index (χ0n) is 6.46. The maximum Gasteiger partial charge on any atom is 0.425 e. The van der Waals surface area contributed by atoms with Crippen LogP contribution in [0.15, 0.2) is 0 Å². The fraction of sp³-hybridized carbons (Fsp3) is 1.00. The van der Waals surface area contributed by atoms with Gasteiger partial charge in [0.15, 0.2) is 0 Å². The number of alkyl halides is 6. The molecular formula is C6H6F6O. The third-order valence-corrected chi connectivity index (χ3v) is 1.92. The van der Waals surface area contributed by atoms with Crippen LogP contribution in [0.3, 0.4) is 0 Å². The van der Waals surface area contributed by atoms with Gasteiger partial charge in [0, 0.05) is 0 Å². The van der Waals surface area contributed by atoms with E-state index in [1.54, 1.807) is 0 Å². The molecule has 78 valence electrons. The van der Waals surface area contributed by atoms with Gasteiger partial charge >= 0.3 is 18.0 Å². The first-order chi connectivity index (χ1) is 5.63. The Morgan fingerprint density at radius 1 is 1.08 bits per heavy atom. The molecule has 0 aromatic rings. The minimum absolute atomic E-state index is 0.725. The molecule has 1 unspecified atom stereocenters. The third-order valence-electron chi connectivity index (χ3n) is 1.92. The van der Waals surface area contributed by atoms with E-state index in [2.05, 4.69) is 4.74 Å². The van der Waals surface area contributed by atoms with Gasteiger partial charge in [-0.05, 0) is 0 Å².